The van der Waals surface area contributed by atoms with Gasteiger partial charge >= 0.3 is 6.03 Å². The van der Waals surface area contributed by atoms with E-state index in [4.69, 9.17) is 0 Å². The standard InChI is InChI=1S/C15H16FN3O2/c1-10(14(20)11-4-6-12(16)7-5-11)18-15(21)19-13-3-2-8-17-9-13/h2-10,14,20H,1H3,(H2,18,19,21). The van der Waals surface area contributed by atoms with Gasteiger partial charge in [-0.25, -0.2) is 9.18 Å². The van der Waals surface area contributed by atoms with Crippen molar-refractivity contribution in [3.63, 3.8) is 0 Å². The highest BCUT2D eigenvalue weighted by Gasteiger charge is 2.18. The molecule has 1 aromatic carbocycles. The maximum atomic E-state index is 12.8. The first-order valence-electron chi connectivity index (χ1n) is 6.47. The van der Waals surface area contributed by atoms with Crippen molar-refractivity contribution in [3.05, 3.63) is 60.2 Å². The number of pyridine rings is 1. The minimum Gasteiger partial charge on any atom is -0.386 e. The lowest BCUT2D eigenvalue weighted by Crippen LogP contribution is -2.39. The number of aliphatic hydroxyl groups is 1. The van der Waals surface area contributed by atoms with Gasteiger partial charge in [0.05, 0.1) is 24.0 Å². The largest absolute Gasteiger partial charge is 0.386 e. The zero-order chi connectivity index (χ0) is 15.2. The van der Waals surface area contributed by atoms with Crippen molar-refractivity contribution in [2.75, 3.05) is 5.32 Å². The van der Waals surface area contributed by atoms with Gasteiger partial charge in [0.1, 0.15) is 5.82 Å². The molecule has 0 radical (unpaired) electrons. The number of aromatic nitrogens is 1. The second kappa shape index (κ2) is 6.81. The van der Waals surface area contributed by atoms with Crippen molar-refractivity contribution in [3.8, 4) is 0 Å². The molecule has 0 bridgehead atoms. The van der Waals surface area contributed by atoms with Crippen LogP contribution >= 0.6 is 0 Å². The fraction of sp³-hybridized carbons (Fsp3) is 0.200. The molecule has 5 nitrogen and oxygen atoms in total. The third kappa shape index (κ3) is 4.25. The molecule has 6 heteroatoms. The van der Waals surface area contributed by atoms with Crippen molar-refractivity contribution >= 4 is 11.7 Å². The number of rotatable bonds is 4. The number of urea groups is 1. The normalized spacial score (nSPS) is 13.3. The van der Waals surface area contributed by atoms with E-state index in [2.05, 4.69) is 15.6 Å². The molecule has 0 saturated heterocycles. The van der Waals surface area contributed by atoms with E-state index in [1.54, 1.807) is 25.3 Å². The molecule has 0 saturated carbocycles. The highest BCUT2D eigenvalue weighted by atomic mass is 19.1. The Kier molecular flexibility index (Phi) is 4.84. The summed E-state index contributed by atoms with van der Waals surface area (Å²) in [5.74, 6) is -0.374. The lowest BCUT2D eigenvalue weighted by Gasteiger charge is -2.20. The Labute approximate surface area is 121 Å². The number of hydrogen-bond acceptors (Lipinski definition) is 3. The Morgan fingerprint density at radius 1 is 1.29 bits per heavy atom. The van der Waals surface area contributed by atoms with E-state index in [0.717, 1.165) is 0 Å². The number of halogens is 1. The zero-order valence-electron chi connectivity index (χ0n) is 11.5. The number of carbonyl (C=O) groups excluding carboxylic acids is 1. The monoisotopic (exact) mass is 289 g/mol. The van der Waals surface area contributed by atoms with Crippen molar-refractivity contribution < 1.29 is 14.3 Å². The van der Waals surface area contributed by atoms with Gasteiger partial charge in [-0.2, -0.15) is 0 Å². The lowest BCUT2D eigenvalue weighted by molar-refractivity contribution is 0.139. The van der Waals surface area contributed by atoms with Crippen LogP contribution in [-0.4, -0.2) is 22.2 Å². The Morgan fingerprint density at radius 3 is 2.62 bits per heavy atom. The highest BCUT2D eigenvalue weighted by molar-refractivity contribution is 5.89. The van der Waals surface area contributed by atoms with Crippen molar-refractivity contribution in [1.29, 1.82) is 0 Å². The predicted octanol–water partition coefficient (Wildman–Crippen LogP) is 2.46. The minimum absolute atomic E-state index is 0.374. The molecule has 3 N–H and O–H groups in total. The molecule has 0 aliphatic heterocycles. The summed E-state index contributed by atoms with van der Waals surface area (Å²) in [6, 6.07) is 7.92. The molecule has 1 heterocycles. The molecule has 110 valence electrons. The highest BCUT2D eigenvalue weighted by Crippen LogP contribution is 2.17. The summed E-state index contributed by atoms with van der Waals surface area (Å²) in [6.45, 7) is 1.66. The Hall–Kier alpha value is -2.47. The third-order valence-corrected chi connectivity index (χ3v) is 2.96. The number of carbonyl (C=O) groups is 1. The average molecular weight is 289 g/mol. The summed E-state index contributed by atoms with van der Waals surface area (Å²) in [6.07, 6.45) is 2.19. The number of anilines is 1. The van der Waals surface area contributed by atoms with Crippen LogP contribution < -0.4 is 10.6 Å². The van der Waals surface area contributed by atoms with Crippen LogP contribution in [0, 0.1) is 5.82 Å². The fourth-order valence-corrected chi connectivity index (χ4v) is 1.84. The maximum absolute atomic E-state index is 12.8. The van der Waals surface area contributed by atoms with Crippen molar-refractivity contribution in [1.82, 2.24) is 10.3 Å². The van der Waals surface area contributed by atoms with Crippen LogP contribution in [0.4, 0.5) is 14.9 Å². The summed E-state index contributed by atoms with van der Waals surface area (Å²) in [7, 11) is 0. The van der Waals surface area contributed by atoms with E-state index in [1.807, 2.05) is 0 Å². The van der Waals surface area contributed by atoms with E-state index >= 15 is 0 Å². The summed E-state index contributed by atoms with van der Waals surface area (Å²) in [4.78, 5) is 15.7. The second-order valence-corrected chi connectivity index (χ2v) is 4.63. The van der Waals surface area contributed by atoms with Crippen LogP contribution in [0.25, 0.3) is 0 Å². The maximum Gasteiger partial charge on any atom is 0.319 e. The second-order valence-electron chi connectivity index (χ2n) is 4.63. The first kappa shape index (κ1) is 14.9. The van der Waals surface area contributed by atoms with E-state index in [0.29, 0.717) is 11.3 Å². The quantitative estimate of drug-likeness (QED) is 0.809. The number of amides is 2. The number of aliphatic hydroxyl groups excluding tert-OH is 1. The van der Waals surface area contributed by atoms with Crippen LogP contribution in [0.1, 0.15) is 18.6 Å². The van der Waals surface area contributed by atoms with Crippen LogP contribution in [0.2, 0.25) is 0 Å². The molecule has 0 aliphatic carbocycles. The summed E-state index contributed by atoms with van der Waals surface area (Å²) >= 11 is 0. The van der Waals surface area contributed by atoms with E-state index in [1.165, 1.54) is 30.5 Å². The van der Waals surface area contributed by atoms with Crippen LogP contribution in [-0.2, 0) is 0 Å². The summed E-state index contributed by atoms with van der Waals surface area (Å²) < 4.78 is 12.8. The predicted molar refractivity (Wildman–Crippen MR) is 77.2 cm³/mol. The SMILES string of the molecule is CC(NC(=O)Nc1cccnc1)C(O)c1ccc(F)cc1. The molecular formula is C15H16FN3O2. The number of nitrogens with zero attached hydrogens (tertiary/aromatic N) is 1. The van der Waals surface area contributed by atoms with Gasteiger partial charge in [0, 0.05) is 6.20 Å². The van der Waals surface area contributed by atoms with Gasteiger partial charge in [-0.15, -0.1) is 0 Å². The molecule has 2 atom stereocenters. The number of benzene rings is 1. The Bertz CT molecular complexity index is 590. The molecule has 0 aliphatic rings. The van der Waals surface area contributed by atoms with Gasteiger partial charge in [0.2, 0.25) is 0 Å². The van der Waals surface area contributed by atoms with Crippen LogP contribution in [0.5, 0.6) is 0 Å². The minimum atomic E-state index is -0.926. The lowest BCUT2D eigenvalue weighted by atomic mass is 10.0. The Morgan fingerprint density at radius 2 is 2.00 bits per heavy atom. The van der Waals surface area contributed by atoms with Crippen molar-refractivity contribution in [2.24, 2.45) is 0 Å². The van der Waals surface area contributed by atoms with Crippen LogP contribution in [0.3, 0.4) is 0 Å². The molecule has 0 fully saturated rings. The first-order valence-corrected chi connectivity index (χ1v) is 6.47. The van der Waals surface area contributed by atoms with Crippen LogP contribution in [0.15, 0.2) is 48.8 Å². The molecule has 21 heavy (non-hydrogen) atoms. The fourth-order valence-electron chi connectivity index (χ4n) is 1.84. The van der Waals surface area contributed by atoms with Gasteiger partial charge in [0.25, 0.3) is 0 Å². The summed E-state index contributed by atoms with van der Waals surface area (Å²) in [5, 5.41) is 15.3. The van der Waals surface area contributed by atoms with E-state index in [-0.39, 0.29) is 5.82 Å². The van der Waals surface area contributed by atoms with Gasteiger partial charge in [-0.05, 0) is 36.8 Å². The van der Waals surface area contributed by atoms with E-state index < -0.39 is 18.2 Å². The molecule has 0 spiro atoms. The third-order valence-electron chi connectivity index (χ3n) is 2.96. The molecule has 2 amide bonds. The van der Waals surface area contributed by atoms with Gasteiger partial charge in [-0.3, -0.25) is 4.98 Å². The first-order chi connectivity index (χ1) is 10.1. The number of nitrogens with one attached hydrogen (secondary N) is 2. The topological polar surface area (TPSA) is 74.2 Å². The number of hydrogen-bond donors (Lipinski definition) is 3. The summed E-state index contributed by atoms with van der Waals surface area (Å²) in [5.41, 5.74) is 1.09. The molecule has 1 aromatic heterocycles. The zero-order valence-corrected chi connectivity index (χ0v) is 11.5. The van der Waals surface area contributed by atoms with E-state index in [9.17, 15) is 14.3 Å². The van der Waals surface area contributed by atoms with Gasteiger partial charge in [0.15, 0.2) is 0 Å². The molecule has 2 unspecified atom stereocenters. The molecule has 2 rings (SSSR count). The van der Waals surface area contributed by atoms with Gasteiger partial charge in [-0.1, -0.05) is 12.1 Å². The van der Waals surface area contributed by atoms with Gasteiger partial charge < -0.3 is 15.7 Å². The van der Waals surface area contributed by atoms with Crippen molar-refractivity contribution in [2.45, 2.75) is 19.1 Å². The average Bonchev–Trinajstić information content (AvgIpc) is 2.48. The molecule has 2 aromatic rings. The smallest absolute Gasteiger partial charge is 0.319 e. The molecular weight excluding hydrogens is 273 g/mol. The Balaban J connectivity index is 1.92.